The number of carboxylic acids is 1. The average Bonchev–Trinajstić information content (AvgIpc) is 3.06. The molecule has 1 atom stereocenters. The Morgan fingerprint density at radius 2 is 1.97 bits per heavy atom. The fourth-order valence-electron chi connectivity index (χ4n) is 2.93. The van der Waals surface area contributed by atoms with Gasteiger partial charge >= 0.3 is 5.97 Å². The number of carbonyl (C=O) groups is 4. The fraction of sp³-hybridized carbons (Fsp3) is 0.182. The first-order valence-corrected chi connectivity index (χ1v) is 9.42. The lowest BCUT2D eigenvalue weighted by molar-refractivity contribution is -0.143. The van der Waals surface area contributed by atoms with Gasteiger partial charge in [-0.3, -0.25) is 14.4 Å². The lowest BCUT2D eigenvalue weighted by atomic mass is 10.1. The summed E-state index contributed by atoms with van der Waals surface area (Å²) < 4.78 is 16.2. The molecule has 0 fully saturated rings. The molecule has 1 aliphatic rings. The van der Waals surface area contributed by atoms with Crippen LogP contribution in [0.4, 0.5) is 0 Å². The van der Waals surface area contributed by atoms with Crippen molar-refractivity contribution in [2.75, 3.05) is 13.7 Å². The van der Waals surface area contributed by atoms with E-state index in [-0.39, 0.29) is 23.0 Å². The summed E-state index contributed by atoms with van der Waals surface area (Å²) in [5.41, 5.74) is 6.03. The van der Waals surface area contributed by atoms with Crippen molar-refractivity contribution >= 4 is 29.6 Å². The number of aliphatic carboxylic acids is 1. The second kappa shape index (κ2) is 9.65. The van der Waals surface area contributed by atoms with Gasteiger partial charge in [-0.25, -0.2) is 4.79 Å². The van der Waals surface area contributed by atoms with E-state index in [4.69, 9.17) is 25.1 Å². The molecule has 166 valence electrons. The van der Waals surface area contributed by atoms with Gasteiger partial charge in [-0.2, -0.15) is 0 Å². The molecule has 0 radical (unpaired) electrons. The number of carbonyl (C=O) groups excluding carboxylic acids is 3. The van der Waals surface area contributed by atoms with Gasteiger partial charge in [0, 0.05) is 6.07 Å². The van der Waals surface area contributed by atoms with Crippen molar-refractivity contribution in [2.45, 2.75) is 12.5 Å². The molecule has 0 aliphatic carbocycles. The van der Waals surface area contributed by atoms with E-state index in [1.807, 2.05) is 0 Å². The van der Waals surface area contributed by atoms with Gasteiger partial charge < -0.3 is 30.4 Å². The van der Waals surface area contributed by atoms with E-state index < -0.39 is 36.9 Å². The van der Waals surface area contributed by atoms with E-state index in [2.05, 4.69) is 5.32 Å². The van der Waals surface area contributed by atoms with Crippen molar-refractivity contribution in [2.24, 2.45) is 5.73 Å². The summed E-state index contributed by atoms with van der Waals surface area (Å²) in [5.74, 6) is -2.06. The average molecular weight is 440 g/mol. The highest BCUT2D eigenvalue weighted by molar-refractivity contribution is 6.14. The van der Waals surface area contributed by atoms with E-state index in [0.717, 1.165) is 5.56 Å². The molecule has 2 aromatic carbocycles. The number of nitrogens with one attached hydrogen (secondary N) is 1. The number of ketones is 1. The van der Waals surface area contributed by atoms with Crippen LogP contribution in [0.3, 0.4) is 0 Å². The van der Waals surface area contributed by atoms with Crippen LogP contribution in [0.5, 0.6) is 17.2 Å². The van der Waals surface area contributed by atoms with Gasteiger partial charge in [0.25, 0.3) is 5.91 Å². The van der Waals surface area contributed by atoms with Gasteiger partial charge in [0.1, 0.15) is 23.3 Å². The smallest absolute Gasteiger partial charge is 0.326 e. The predicted molar refractivity (Wildman–Crippen MR) is 111 cm³/mol. The Morgan fingerprint density at radius 1 is 1.19 bits per heavy atom. The molecule has 0 aromatic heterocycles. The number of rotatable bonds is 9. The Hall–Kier alpha value is -4.34. The molecule has 32 heavy (non-hydrogen) atoms. The van der Waals surface area contributed by atoms with Crippen LogP contribution in [0, 0.1) is 0 Å². The van der Waals surface area contributed by atoms with Crippen LogP contribution in [-0.2, 0) is 14.4 Å². The minimum absolute atomic E-state index is 0.124. The number of fused-ring (bicyclic) bond motifs is 1. The number of Topliss-reactive ketones (excluding diaryl/α,β-unsaturated/α-hetero) is 1. The number of ether oxygens (including phenoxy) is 3. The van der Waals surface area contributed by atoms with Crippen LogP contribution in [0.2, 0.25) is 0 Å². The molecular formula is C22H20N2O8. The maximum Gasteiger partial charge on any atom is 0.326 e. The molecule has 10 heteroatoms. The predicted octanol–water partition coefficient (Wildman–Crippen LogP) is 1.14. The minimum Gasteiger partial charge on any atom is -0.497 e. The summed E-state index contributed by atoms with van der Waals surface area (Å²) in [6, 6.07) is 10.1. The van der Waals surface area contributed by atoms with Crippen molar-refractivity contribution in [3.63, 3.8) is 0 Å². The van der Waals surface area contributed by atoms with Gasteiger partial charge in [-0.05, 0) is 35.9 Å². The number of allylic oxidation sites excluding steroid dienone is 1. The standard InChI is InChI=1S/C22H20N2O8/c1-30-13-4-2-3-12(7-13)8-18-21(27)15-6-5-14(9-17(15)32-18)31-11-20(26)24-16(22(28)29)10-19(23)25/h2-9,16H,10-11H2,1H3,(H2,23,25)(H,24,26)(H,28,29)/t16-/m0/s1. The molecule has 4 N–H and O–H groups in total. The molecule has 3 rings (SSSR count). The maximum absolute atomic E-state index is 12.6. The van der Waals surface area contributed by atoms with E-state index in [0.29, 0.717) is 11.3 Å². The van der Waals surface area contributed by atoms with Crippen molar-refractivity contribution < 1.29 is 38.5 Å². The normalized spacial score (nSPS) is 14.3. The van der Waals surface area contributed by atoms with E-state index >= 15 is 0 Å². The van der Waals surface area contributed by atoms with Crippen molar-refractivity contribution in [3.05, 3.63) is 59.4 Å². The molecule has 1 heterocycles. The summed E-state index contributed by atoms with van der Waals surface area (Å²) in [6.07, 6.45) is 1.04. The van der Waals surface area contributed by atoms with Crippen LogP contribution in [-0.4, -0.2) is 48.4 Å². The molecule has 10 nitrogen and oxygen atoms in total. The fourth-order valence-corrected chi connectivity index (χ4v) is 2.93. The third-order valence-electron chi connectivity index (χ3n) is 4.44. The first-order chi connectivity index (χ1) is 15.3. The monoisotopic (exact) mass is 440 g/mol. The zero-order chi connectivity index (χ0) is 23.3. The van der Waals surface area contributed by atoms with Gasteiger partial charge in [0.15, 0.2) is 12.4 Å². The molecule has 2 amide bonds. The number of benzene rings is 2. The second-order valence-corrected chi connectivity index (χ2v) is 6.79. The molecular weight excluding hydrogens is 420 g/mol. The van der Waals surface area contributed by atoms with Gasteiger partial charge in [-0.15, -0.1) is 0 Å². The molecule has 0 bridgehead atoms. The summed E-state index contributed by atoms with van der Waals surface area (Å²) in [7, 11) is 1.54. The number of hydrogen-bond acceptors (Lipinski definition) is 7. The lowest BCUT2D eigenvalue weighted by Gasteiger charge is -2.13. The maximum atomic E-state index is 12.6. The van der Waals surface area contributed by atoms with Gasteiger partial charge in [-0.1, -0.05) is 12.1 Å². The van der Waals surface area contributed by atoms with Crippen molar-refractivity contribution in [1.82, 2.24) is 5.32 Å². The number of amides is 2. The molecule has 0 saturated carbocycles. The van der Waals surface area contributed by atoms with Crippen LogP contribution in [0.25, 0.3) is 6.08 Å². The Balaban J connectivity index is 1.65. The Morgan fingerprint density at radius 3 is 2.66 bits per heavy atom. The molecule has 0 spiro atoms. The van der Waals surface area contributed by atoms with E-state index in [1.165, 1.54) is 18.2 Å². The Kier molecular flexibility index (Phi) is 6.74. The van der Waals surface area contributed by atoms with E-state index in [1.54, 1.807) is 37.5 Å². The van der Waals surface area contributed by atoms with Crippen LogP contribution < -0.4 is 25.3 Å². The summed E-state index contributed by atoms with van der Waals surface area (Å²) >= 11 is 0. The highest BCUT2D eigenvalue weighted by atomic mass is 16.5. The first kappa shape index (κ1) is 22.3. The number of hydrogen-bond donors (Lipinski definition) is 3. The zero-order valence-electron chi connectivity index (χ0n) is 17.0. The summed E-state index contributed by atoms with van der Waals surface area (Å²) in [6.45, 7) is -0.512. The number of primary amides is 1. The molecule has 1 aliphatic heterocycles. The number of methoxy groups -OCH3 is 1. The van der Waals surface area contributed by atoms with Crippen molar-refractivity contribution in [1.29, 1.82) is 0 Å². The van der Waals surface area contributed by atoms with Gasteiger partial charge in [0.05, 0.1) is 19.1 Å². The lowest BCUT2D eigenvalue weighted by Crippen LogP contribution is -2.45. The number of nitrogens with two attached hydrogens (primary N) is 1. The minimum atomic E-state index is -1.45. The zero-order valence-corrected chi connectivity index (χ0v) is 17.0. The number of carboxylic acid groups (broad SMARTS) is 1. The second-order valence-electron chi connectivity index (χ2n) is 6.79. The topological polar surface area (TPSA) is 154 Å². The third-order valence-corrected chi connectivity index (χ3v) is 4.44. The van der Waals surface area contributed by atoms with Gasteiger partial charge in [0.2, 0.25) is 11.7 Å². The molecule has 2 aromatic rings. The first-order valence-electron chi connectivity index (χ1n) is 9.42. The highest BCUT2D eigenvalue weighted by Crippen LogP contribution is 2.35. The van der Waals surface area contributed by atoms with Crippen LogP contribution in [0.15, 0.2) is 48.2 Å². The van der Waals surface area contributed by atoms with Crippen LogP contribution >= 0.6 is 0 Å². The third kappa shape index (κ3) is 5.42. The summed E-state index contributed by atoms with van der Waals surface area (Å²) in [5, 5.41) is 11.2. The van der Waals surface area contributed by atoms with Crippen molar-refractivity contribution in [3.8, 4) is 17.2 Å². The summed E-state index contributed by atoms with van der Waals surface area (Å²) in [4.78, 5) is 46.5. The Labute approximate surface area is 182 Å². The Bertz CT molecular complexity index is 1110. The highest BCUT2D eigenvalue weighted by Gasteiger charge is 2.28. The van der Waals surface area contributed by atoms with Crippen LogP contribution in [0.1, 0.15) is 22.3 Å². The van der Waals surface area contributed by atoms with E-state index in [9.17, 15) is 19.2 Å². The molecule has 0 saturated heterocycles. The largest absolute Gasteiger partial charge is 0.497 e. The SMILES string of the molecule is COc1cccc(C=C2Oc3cc(OCC(=O)N[C@@H](CC(N)=O)C(=O)O)ccc3C2=O)c1. The molecule has 0 unspecified atom stereocenters. The quantitative estimate of drug-likeness (QED) is 0.490.